The van der Waals surface area contributed by atoms with E-state index in [9.17, 15) is 22.4 Å². The number of hydrogen-bond donors (Lipinski definition) is 2. The molecule has 29 heavy (non-hydrogen) atoms. The second-order valence-corrected chi connectivity index (χ2v) is 7.93. The minimum atomic E-state index is -4.39. The number of carboxylic acids is 1. The summed E-state index contributed by atoms with van der Waals surface area (Å²) in [5.41, 5.74) is -0.320. The fourth-order valence-corrected chi connectivity index (χ4v) is 4.23. The van der Waals surface area contributed by atoms with Gasteiger partial charge in [-0.1, -0.05) is 12.1 Å². The highest BCUT2D eigenvalue weighted by Gasteiger charge is 2.30. The van der Waals surface area contributed by atoms with Crippen molar-refractivity contribution in [1.29, 1.82) is 0 Å². The van der Waals surface area contributed by atoms with Crippen LogP contribution < -0.4 is 9.46 Å². The zero-order valence-corrected chi connectivity index (χ0v) is 16.3. The largest absolute Gasteiger partial charge is 0.495 e. The number of benzene rings is 2. The molecular formula is C19H13F4NO3S2. The fourth-order valence-electron chi connectivity index (χ4n) is 2.42. The van der Waals surface area contributed by atoms with Crippen LogP contribution in [0.2, 0.25) is 0 Å². The monoisotopic (exact) mass is 443 g/mol. The van der Waals surface area contributed by atoms with Gasteiger partial charge in [-0.05, 0) is 47.8 Å². The summed E-state index contributed by atoms with van der Waals surface area (Å²) in [5.74, 6) is -2.15. The van der Waals surface area contributed by atoms with E-state index in [0.29, 0.717) is 5.56 Å². The lowest BCUT2D eigenvalue weighted by molar-refractivity contribution is -0.137. The van der Waals surface area contributed by atoms with Crippen LogP contribution in [0.3, 0.4) is 0 Å². The minimum Gasteiger partial charge on any atom is -0.495 e. The molecule has 0 atom stereocenters. The van der Waals surface area contributed by atoms with Crippen molar-refractivity contribution in [3.63, 3.8) is 0 Å². The molecule has 0 aliphatic carbocycles. The van der Waals surface area contributed by atoms with Crippen LogP contribution in [0.5, 0.6) is 5.75 Å². The molecule has 10 heteroatoms. The number of rotatable bonds is 6. The number of halogens is 4. The van der Waals surface area contributed by atoms with Crippen LogP contribution in [0.1, 0.15) is 15.9 Å². The minimum absolute atomic E-state index is 0.163. The predicted octanol–water partition coefficient (Wildman–Crippen LogP) is 6.40. The zero-order valence-electron chi connectivity index (χ0n) is 14.7. The van der Waals surface area contributed by atoms with E-state index in [-0.39, 0.29) is 11.4 Å². The highest BCUT2D eigenvalue weighted by molar-refractivity contribution is 8.02. The average molecular weight is 443 g/mol. The third kappa shape index (κ3) is 4.83. The Morgan fingerprint density at radius 3 is 2.41 bits per heavy atom. The summed E-state index contributed by atoms with van der Waals surface area (Å²) in [4.78, 5) is 11.8. The number of methoxy groups -OCH3 is 1. The van der Waals surface area contributed by atoms with E-state index >= 15 is 0 Å². The van der Waals surface area contributed by atoms with Crippen molar-refractivity contribution in [2.75, 3.05) is 11.8 Å². The van der Waals surface area contributed by atoms with Crippen molar-refractivity contribution in [1.82, 2.24) is 0 Å². The van der Waals surface area contributed by atoms with Crippen LogP contribution in [-0.4, -0.2) is 18.2 Å². The van der Waals surface area contributed by atoms with Gasteiger partial charge in [0.1, 0.15) is 11.6 Å². The normalized spacial score (nSPS) is 11.3. The number of anilines is 1. The number of alkyl halides is 3. The summed E-state index contributed by atoms with van der Waals surface area (Å²) in [6.07, 6.45) is -4.39. The van der Waals surface area contributed by atoms with E-state index in [4.69, 9.17) is 9.84 Å². The summed E-state index contributed by atoms with van der Waals surface area (Å²) in [5, 5.41) is 8.98. The lowest BCUT2D eigenvalue weighted by Gasteiger charge is -2.11. The molecule has 4 nitrogen and oxygen atoms in total. The molecule has 0 spiro atoms. The van der Waals surface area contributed by atoms with Gasteiger partial charge in [0.25, 0.3) is 0 Å². The molecule has 0 aliphatic heterocycles. The molecular weight excluding hydrogens is 430 g/mol. The Kier molecular flexibility index (Phi) is 6.04. The first-order valence-corrected chi connectivity index (χ1v) is 9.63. The predicted molar refractivity (Wildman–Crippen MR) is 104 cm³/mol. The molecule has 2 aromatic carbocycles. The number of ether oxygens (including phenoxy) is 1. The number of aromatic carboxylic acids is 1. The molecule has 1 aromatic heterocycles. The Labute approximate surface area is 171 Å². The molecule has 0 radical (unpaired) electrons. The number of thiophene rings is 1. The van der Waals surface area contributed by atoms with Gasteiger partial charge < -0.3 is 14.6 Å². The topological polar surface area (TPSA) is 58.6 Å². The number of nitrogens with one attached hydrogen (secondary N) is 1. The first kappa shape index (κ1) is 21.0. The smallest absolute Gasteiger partial charge is 0.416 e. The molecule has 1 heterocycles. The highest BCUT2D eigenvalue weighted by atomic mass is 32.2. The molecule has 0 amide bonds. The molecule has 3 aromatic rings. The van der Waals surface area contributed by atoms with Gasteiger partial charge in [0.15, 0.2) is 0 Å². The van der Waals surface area contributed by atoms with Gasteiger partial charge in [0.2, 0.25) is 0 Å². The number of carbonyl (C=O) groups is 1. The SMILES string of the molecule is COc1cc(C(=O)O)c(F)cc1NSc1ccc(-c2ccc(C(F)(F)F)cc2)s1. The van der Waals surface area contributed by atoms with Crippen LogP contribution in [0.4, 0.5) is 23.2 Å². The lowest BCUT2D eigenvalue weighted by atomic mass is 10.1. The summed E-state index contributed by atoms with van der Waals surface area (Å²) in [6.45, 7) is 0. The summed E-state index contributed by atoms with van der Waals surface area (Å²) in [7, 11) is 1.34. The van der Waals surface area contributed by atoms with E-state index in [2.05, 4.69) is 4.72 Å². The molecule has 3 rings (SSSR count). The third-order valence-electron chi connectivity index (χ3n) is 3.86. The van der Waals surface area contributed by atoms with E-state index in [0.717, 1.165) is 45.3 Å². The summed E-state index contributed by atoms with van der Waals surface area (Å²) in [6, 6.07) is 10.5. The molecule has 0 fully saturated rings. The van der Waals surface area contributed by atoms with E-state index in [1.807, 2.05) is 0 Å². The van der Waals surface area contributed by atoms with E-state index < -0.39 is 29.1 Å². The van der Waals surface area contributed by atoms with Crippen LogP contribution in [0.25, 0.3) is 10.4 Å². The van der Waals surface area contributed by atoms with Gasteiger partial charge in [0.05, 0.1) is 28.1 Å². The Morgan fingerprint density at radius 1 is 1.14 bits per heavy atom. The first-order valence-electron chi connectivity index (χ1n) is 8.00. The van der Waals surface area contributed by atoms with Gasteiger partial charge in [-0.15, -0.1) is 11.3 Å². The van der Waals surface area contributed by atoms with Crippen LogP contribution >= 0.6 is 23.3 Å². The Balaban J connectivity index is 1.74. The van der Waals surface area contributed by atoms with Gasteiger partial charge in [-0.25, -0.2) is 9.18 Å². The van der Waals surface area contributed by atoms with Gasteiger partial charge >= 0.3 is 12.1 Å². The average Bonchev–Trinajstić information content (AvgIpc) is 3.14. The molecule has 2 N–H and O–H groups in total. The zero-order chi connectivity index (χ0) is 21.2. The Morgan fingerprint density at radius 2 is 1.83 bits per heavy atom. The van der Waals surface area contributed by atoms with Crippen molar-refractivity contribution in [3.05, 3.63) is 65.5 Å². The standard InChI is InChI=1S/C19H13F4NO3S2/c1-27-15-8-12(18(25)26)13(20)9-14(15)24-29-17-7-6-16(28-17)10-2-4-11(5-3-10)19(21,22)23/h2-9,24H,1H3,(H,25,26). The molecule has 0 unspecified atom stereocenters. The molecule has 152 valence electrons. The maximum Gasteiger partial charge on any atom is 0.416 e. The maximum absolute atomic E-state index is 13.9. The van der Waals surface area contributed by atoms with Crippen molar-refractivity contribution in [3.8, 4) is 16.2 Å². The lowest BCUT2D eigenvalue weighted by Crippen LogP contribution is -2.03. The molecule has 0 bridgehead atoms. The summed E-state index contributed by atoms with van der Waals surface area (Å²) < 4.78 is 60.7. The van der Waals surface area contributed by atoms with Crippen molar-refractivity contribution >= 4 is 34.9 Å². The summed E-state index contributed by atoms with van der Waals surface area (Å²) >= 11 is 2.48. The van der Waals surface area contributed by atoms with Crippen LogP contribution in [0.15, 0.2) is 52.7 Å². The molecule has 0 saturated heterocycles. The van der Waals surface area contributed by atoms with Crippen LogP contribution in [-0.2, 0) is 6.18 Å². The van der Waals surface area contributed by atoms with Gasteiger partial charge in [0, 0.05) is 10.9 Å². The molecule has 0 aliphatic rings. The second kappa shape index (κ2) is 8.34. The number of hydrogen-bond acceptors (Lipinski definition) is 5. The maximum atomic E-state index is 13.9. The first-order chi connectivity index (χ1) is 13.7. The van der Waals surface area contributed by atoms with Crippen molar-refractivity contribution in [2.24, 2.45) is 0 Å². The fraction of sp³-hybridized carbons (Fsp3) is 0.105. The van der Waals surface area contributed by atoms with Gasteiger partial charge in [-0.3, -0.25) is 0 Å². The highest BCUT2D eigenvalue weighted by Crippen LogP contribution is 2.38. The van der Waals surface area contributed by atoms with Crippen molar-refractivity contribution < 1.29 is 32.2 Å². The van der Waals surface area contributed by atoms with Crippen molar-refractivity contribution in [2.45, 2.75) is 10.4 Å². The Hall–Kier alpha value is -2.72. The second-order valence-electron chi connectivity index (χ2n) is 5.74. The third-order valence-corrected chi connectivity index (χ3v) is 5.95. The number of carboxylic acid groups (broad SMARTS) is 1. The van der Waals surface area contributed by atoms with Gasteiger partial charge in [-0.2, -0.15) is 13.2 Å². The van der Waals surface area contributed by atoms with E-state index in [1.54, 1.807) is 12.1 Å². The van der Waals surface area contributed by atoms with Crippen LogP contribution in [0, 0.1) is 5.82 Å². The molecule has 0 saturated carbocycles. The van der Waals surface area contributed by atoms with E-state index in [1.165, 1.54) is 30.6 Å². The quantitative estimate of drug-likeness (QED) is 0.341. The Bertz CT molecular complexity index is 1030.